The second kappa shape index (κ2) is 6.56. The van der Waals surface area contributed by atoms with E-state index in [0.717, 1.165) is 0 Å². The van der Waals surface area contributed by atoms with E-state index in [9.17, 15) is 8.78 Å². The molecule has 0 aliphatic heterocycles. The molecule has 2 aromatic rings. The third kappa shape index (κ3) is 2.79. The zero-order valence-corrected chi connectivity index (χ0v) is 12.1. The van der Waals surface area contributed by atoms with Crippen LogP contribution < -0.4 is 5.73 Å². The minimum atomic E-state index is -1.22. The summed E-state index contributed by atoms with van der Waals surface area (Å²) in [6.07, 6.45) is 0.522. The Bertz CT molecular complexity index is 631. The van der Waals surface area contributed by atoms with E-state index in [-0.39, 0.29) is 0 Å². The molecule has 0 aliphatic rings. The number of halogens is 2. The summed E-state index contributed by atoms with van der Waals surface area (Å²) < 4.78 is 26.4. The van der Waals surface area contributed by atoms with Gasteiger partial charge in [0.25, 0.3) is 0 Å². The maximum Gasteiger partial charge on any atom is 0.123 e. The topological polar surface area (TPSA) is 74.8 Å². The molecule has 0 bridgehead atoms. The van der Waals surface area contributed by atoms with Gasteiger partial charge in [-0.25, -0.2) is 8.78 Å². The van der Waals surface area contributed by atoms with Crippen LogP contribution in [-0.4, -0.2) is 6.04 Å². The minimum absolute atomic E-state index is 0.400. The SMILES string of the molecule is CC[C@H](N)C(N=[N+]=[N-])(c1ccc(F)cc1)c1ccc(F)cc1. The van der Waals surface area contributed by atoms with Crippen LogP contribution in [0.4, 0.5) is 8.78 Å². The van der Waals surface area contributed by atoms with Crippen molar-refractivity contribution in [3.63, 3.8) is 0 Å². The van der Waals surface area contributed by atoms with Gasteiger partial charge in [0, 0.05) is 11.0 Å². The number of hydrogen-bond donors (Lipinski definition) is 1. The average molecular weight is 302 g/mol. The standard InChI is InChI=1S/C16H16F2N4/c1-2-15(19)16(21-22-20,11-3-7-13(17)8-4-11)12-5-9-14(18)10-6-12/h3-10,15H,2,19H2,1H3/t15-/m0/s1. The maximum absolute atomic E-state index is 13.2. The second-order valence-corrected chi connectivity index (χ2v) is 4.98. The van der Waals surface area contributed by atoms with E-state index < -0.39 is 23.2 Å². The van der Waals surface area contributed by atoms with Crippen LogP contribution in [0.1, 0.15) is 24.5 Å². The summed E-state index contributed by atoms with van der Waals surface area (Å²) in [5.41, 5.74) is 15.2. The number of azide groups is 1. The van der Waals surface area contributed by atoms with E-state index in [0.29, 0.717) is 17.5 Å². The van der Waals surface area contributed by atoms with Crippen LogP contribution in [0.2, 0.25) is 0 Å². The number of benzene rings is 2. The summed E-state index contributed by atoms with van der Waals surface area (Å²) in [7, 11) is 0. The van der Waals surface area contributed by atoms with Gasteiger partial charge in [-0.3, -0.25) is 0 Å². The Kier molecular flexibility index (Phi) is 4.75. The Morgan fingerprint density at radius 1 is 1.05 bits per heavy atom. The molecule has 0 heterocycles. The number of nitrogens with two attached hydrogens (primary N) is 1. The van der Waals surface area contributed by atoms with E-state index in [2.05, 4.69) is 10.0 Å². The molecule has 0 radical (unpaired) electrons. The summed E-state index contributed by atoms with van der Waals surface area (Å²) in [5.74, 6) is -0.800. The van der Waals surface area contributed by atoms with E-state index in [4.69, 9.17) is 11.3 Å². The highest BCUT2D eigenvalue weighted by atomic mass is 19.1. The van der Waals surface area contributed by atoms with Gasteiger partial charge in [-0.15, -0.1) is 0 Å². The van der Waals surface area contributed by atoms with Crippen molar-refractivity contribution < 1.29 is 8.78 Å². The normalized spacial score (nSPS) is 12.5. The zero-order chi connectivity index (χ0) is 16.2. The smallest absolute Gasteiger partial charge is 0.123 e. The van der Waals surface area contributed by atoms with Gasteiger partial charge in [0.1, 0.15) is 17.2 Å². The van der Waals surface area contributed by atoms with Gasteiger partial charge in [0.15, 0.2) is 0 Å². The van der Waals surface area contributed by atoms with Crippen LogP contribution in [0.25, 0.3) is 10.4 Å². The van der Waals surface area contributed by atoms with Crippen LogP contribution >= 0.6 is 0 Å². The molecular weight excluding hydrogens is 286 g/mol. The monoisotopic (exact) mass is 302 g/mol. The van der Waals surface area contributed by atoms with Crippen LogP contribution in [-0.2, 0) is 5.54 Å². The van der Waals surface area contributed by atoms with Gasteiger partial charge in [0.05, 0.1) is 0 Å². The third-order valence-corrected chi connectivity index (χ3v) is 3.75. The number of rotatable bonds is 5. The van der Waals surface area contributed by atoms with Crippen molar-refractivity contribution in [3.05, 3.63) is 81.7 Å². The predicted octanol–water partition coefficient (Wildman–Crippen LogP) is 4.26. The minimum Gasteiger partial charge on any atom is -0.326 e. The lowest BCUT2D eigenvalue weighted by Crippen LogP contribution is -2.44. The number of nitrogens with zero attached hydrogens (tertiary/aromatic N) is 3. The molecule has 0 saturated heterocycles. The highest BCUT2D eigenvalue weighted by Crippen LogP contribution is 2.38. The first kappa shape index (κ1) is 15.9. The lowest BCUT2D eigenvalue weighted by Gasteiger charge is -2.35. The van der Waals surface area contributed by atoms with Crippen molar-refractivity contribution >= 4 is 0 Å². The van der Waals surface area contributed by atoms with E-state index >= 15 is 0 Å². The Morgan fingerprint density at radius 2 is 1.45 bits per heavy atom. The van der Waals surface area contributed by atoms with Crippen molar-refractivity contribution in [1.29, 1.82) is 0 Å². The highest BCUT2D eigenvalue weighted by Gasteiger charge is 2.39. The predicted molar refractivity (Wildman–Crippen MR) is 81.0 cm³/mol. The van der Waals surface area contributed by atoms with Gasteiger partial charge in [0.2, 0.25) is 0 Å². The fourth-order valence-electron chi connectivity index (χ4n) is 2.56. The van der Waals surface area contributed by atoms with Crippen LogP contribution in [0, 0.1) is 11.6 Å². The third-order valence-electron chi connectivity index (χ3n) is 3.75. The molecular formula is C16H16F2N4. The van der Waals surface area contributed by atoms with Gasteiger partial charge >= 0.3 is 0 Å². The van der Waals surface area contributed by atoms with Gasteiger partial charge < -0.3 is 5.73 Å². The summed E-state index contributed by atoms with van der Waals surface area (Å²) in [4.78, 5) is 2.93. The molecule has 0 fully saturated rings. The van der Waals surface area contributed by atoms with Gasteiger partial charge in [-0.05, 0) is 47.3 Å². The van der Waals surface area contributed by atoms with Gasteiger partial charge in [-0.1, -0.05) is 36.3 Å². The first-order chi connectivity index (χ1) is 10.5. The summed E-state index contributed by atoms with van der Waals surface area (Å²) >= 11 is 0. The van der Waals surface area contributed by atoms with Gasteiger partial charge in [-0.2, -0.15) is 0 Å². The summed E-state index contributed by atoms with van der Waals surface area (Å²) in [6, 6.07) is 10.7. The lowest BCUT2D eigenvalue weighted by atomic mass is 9.77. The molecule has 4 nitrogen and oxygen atoms in total. The Labute approximate surface area is 127 Å². The highest BCUT2D eigenvalue weighted by molar-refractivity contribution is 5.41. The van der Waals surface area contributed by atoms with Crippen molar-refractivity contribution in [2.24, 2.45) is 10.8 Å². The average Bonchev–Trinajstić information content (AvgIpc) is 2.54. The molecule has 2 aromatic carbocycles. The molecule has 0 saturated carbocycles. The lowest BCUT2D eigenvalue weighted by molar-refractivity contribution is 0.407. The molecule has 22 heavy (non-hydrogen) atoms. The molecule has 0 aromatic heterocycles. The van der Waals surface area contributed by atoms with Crippen LogP contribution in [0.3, 0.4) is 0 Å². The van der Waals surface area contributed by atoms with Crippen molar-refractivity contribution in [2.75, 3.05) is 0 Å². The summed E-state index contributed by atoms with van der Waals surface area (Å²) in [6.45, 7) is 1.86. The Balaban J connectivity index is 2.73. The largest absolute Gasteiger partial charge is 0.326 e. The number of hydrogen-bond acceptors (Lipinski definition) is 2. The van der Waals surface area contributed by atoms with Crippen molar-refractivity contribution in [3.8, 4) is 0 Å². The van der Waals surface area contributed by atoms with E-state index in [1.54, 1.807) is 0 Å². The van der Waals surface area contributed by atoms with Crippen LogP contribution in [0.15, 0.2) is 53.6 Å². The fraction of sp³-hybridized carbons (Fsp3) is 0.250. The molecule has 2 rings (SSSR count). The zero-order valence-electron chi connectivity index (χ0n) is 12.1. The molecule has 0 spiro atoms. The molecule has 1 atom stereocenters. The quantitative estimate of drug-likeness (QED) is 0.500. The Hall–Kier alpha value is -2.43. The fourth-order valence-corrected chi connectivity index (χ4v) is 2.56. The van der Waals surface area contributed by atoms with Crippen molar-refractivity contribution in [2.45, 2.75) is 24.9 Å². The van der Waals surface area contributed by atoms with E-state index in [1.807, 2.05) is 6.92 Å². The Morgan fingerprint density at radius 3 is 1.77 bits per heavy atom. The van der Waals surface area contributed by atoms with E-state index in [1.165, 1.54) is 48.5 Å². The molecule has 0 aliphatic carbocycles. The second-order valence-electron chi connectivity index (χ2n) is 4.98. The van der Waals surface area contributed by atoms with Crippen molar-refractivity contribution in [1.82, 2.24) is 0 Å². The van der Waals surface area contributed by atoms with Crippen LogP contribution in [0.5, 0.6) is 0 Å². The molecule has 6 heteroatoms. The maximum atomic E-state index is 13.2. The molecule has 0 unspecified atom stereocenters. The molecule has 2 N–H and O–H groups in total. The first-order valence-electron chi connectivity index (χ1n) is 6.88. The molecule has 114 valence electrons. The summed E-state index contributed by atoms with van der Waals surface area (Å²) in [5, 5.41) is 3.94. The first-order valence-corrected chi connectivity index (χ1v) is 6.88. The molecule has 0 amide bonds.